The van der Waals surface area contributed by atoms with E-state index in [1.165, 1.54) is 0 Å². The molecule has 0 rings (SSSR count). The van der Waals surface area contributed by atoms with Gasteiger partial charge in [0.05, 0.1) is 19.6 Å². The van der Waals surface area contributed by atoms with Gasteiger partial charge < -0.3 is 9.04 Å². The fourth-order valence-corrected chi connectivity index (χ4v) is 3.55. The summed E-state index contributed by atoms with van der Waals surface area (Å²) < 4.78 is 33.7. The molecular formula is C9H21NO3S. The van der Waals surface area contributed by atoms with Crippen LogP contribution in [0.5, 0.6) is 0 Å². The summed E-state index contributed by atoms with van der Waals surface area (Å²) in [4.78, 5) is 0. The van der Waals surface area contributed by atoms with Crippen molar-refractivity contribution in [2.75, 3.05) is 19.6 Å². The van der Waals surface area contributed by atoms with Gasteiger partial charge in [-0.05, 0) is 20.8 Å². The van der Waals surface area contributed by atoms with E-state index in [1.807, 2.05) is 20.8 Å². The molecule has 0 saturated heterocycles. The van der Waals surface area contributed by atoms with Gasteiger partial charge in [-0.3, -0.25) is 0 Å². The fourth-order valence-electron chi connectivity index (χ4n) is 2.15. The van der Waals surface area contributed by atoms with Crippen molar-refractivity contribution in [1.82, 2.24) is 0 Å². The Balaban J connectivity index is 5.15. The molecule has 0 aromatic heterocycles. The Bertz CT molecular complexity index is 249. The maximum absolute atomic E-state index is 11.1. The van der Waals surface area contributed by atoms with Crippen LogP contribution in [0.2, 0.25) is 0 Å². The van der Waals surface area contributed by atoms with Crippen LogP contribution in [-0.4, -0.2) is 42.5 Å². The largest absolute Gasteiger partial charge is 0.743 e. The molecule has 0 amide bonds. The maximum atomic E-state index is 11.1. The molecule has 0 aromatic carbocycles. The van der Waals surface area contributed by atoms with Gasteiger partial charge in [-0.2, -0.15) is 0 Å². The van der Waals surface area contributed by atoms with Crippen LogP contribution in [0.15, 0.2) is 0 Å². The molecule has 0 aromatic rings. The second-order valence-corrected chi connectivity index (χ2v) is 5.05. The lowest BCUT2D eigenvalue weighted by molar-refractivity contribution is -0.934. The Morgan fingerprint density at radius 3 is 1.50 bits per heavy atom. The van der Waals surface area contributed by atoms with Crippen molar-refractivity contribution in [3.05, 3.63) is 0 Å². The Labute approximate surface area is 87.3 Å². The van der Waals surface area contributed by atoms with E-state index in [0.29, 0.717) is 30.5 Å². The van der Waals surface area contributed by atoms with Crippen LogP contribution < -0.4 is 0 Å². The molecule has 1 unspecified atom stereocenters. The first-order valence-corrected chi connectivity index (χ1v) is 6.65. The SMILES string of the molecule is CCC([N+](CC)(CC)CC)S(=O)(=O)[O-]. The predicted octanol–water partition coefficient (Wildman–Crippen LogP) is 1.14. The summed E-state index contributed by atoms with van der Waals surface area (Å²) >= 11 is 0. The minimum absolute atomic E-state index is 0.377. The van der Waals surface area contributed by atoms with Crippen LogP contribution in [0, 0.1) is 0 Å². The zero-order valence-corrected chi connectivity index (χ0v) is 10.3. The van der Waals surface area contributed by atoms with Gasteiger partial charge in [0.15, 0.2) is 5.37 Å². The van der Waals surface area contributed by atoms with Crippen LogP contribution in [0.25, 0.3) is 0 Å². The minimum atomic E-state index is -4.19. The van der Waals surface area contributed by atoms with E-state index in [4.69, 9.17) is 0 Å². The molecule has 0 aliphatic carbocycles. The lowest BCUT2D eigenvalue weighted by Crippen LogP contribution is -2.57. The lowest BCUT2D eigenvalue weighted by Gasteiger charge is -2.43. The number of rotatable bonds is 6. The summed E-state index contributed by atoms with van der Waals surface area (Å²) in [6.45, 7) is 9.61. The Morgan fingerprint density at radius 2 is 1.43 bits per heavy atom. The van der Waals surface area contributed by atoms with Crippen LogP contribution >= 0.6 is 0 Å². The summed E-state index contributed by atoms with van der Waals surface area (Å²) in [5.41, 5.74) is 0. The van der Waals surface area contributed by atoms with Crippen molar-refractivity contribution < 1.29 is 17.5 Å². The topological polar surface area (TPSA) is 57.2 Å². The highest BCUT2D eigenvalue weighted by Gasteiger charge is 2.35. The van der Waals surface area contributed by atoms with E-state index in [9.17, 15) is 13.0 Å². The molecule has 0 fully saturated rings. The van der Waals surface area contributed by atoms with Gasteiger partial charge in [0.25, 0.3) is 0 Å². The highest BCUT2D eigenvalue weighted by atomic mass is 32.2. The average Bonchev–Trinajstić information content (AvgIpc) is 2.12. The molecule has 0 heterocycles. The van der Waals surface area contributed by atoms with Gasteiger partial charge in [0, 0.05) is 6.42 Å². The Hall–Kier alpha value is -0.130. The van der Waals surface area contributed by atoms with E-state index in [0.717, 1.165) is 0 Å². The van der Waals surface area contributed by atoms with Gasteiger partial charge in [-0.25, -0.2) is 8.42 Å². The van der Waals surface area contributed by atoms with Crippen LogP contribution in [0.1, 0.15) is 34.1 Å². The molecule has 0 saturated carbocycles. The Kier molecular flexibility index (Phi) is 5.05. The molecule has 0 bridgehead atoms. The molecule has 0 radical (unpaired) electrons. The van der Waals surface area contributed by atoms with Crippen LogP contribution in [-0.2, 0) is 10.1 Å². The van der Waals surface area contributed by atoms with Crippen molar-refractivity contribution in [2.45, 2.75) is 39.5 Å². The van der Waals surface area contributed by atoms with Crippen LogP contribution in [0.3, 0.4) is 0 Å². The average molecular weight is 223 g/mol. The molecule has 0 N–H and O–H groups in total. The second-order valence-electron chi connectivity index (χ2n) is 3.52. The first-order chi connectivity index (χ1) is 6.37. The third kappa shape index (κ3) is 2.68. The van der Waals surface area contributed by atoms with Crippen molar-refractivity contribution in [3.63, 3.8) is 0 Å². The van der Waals surface area contributed by atoms with E-state index >= 15 is 0 Å². The zero-order valence-electron chi connectivity index (χ0n) is 9.49. The number of nitrogens with zero attached hydrogens (tertiary/aromatic N) is 1. The maximum Gasteiger partial charge on any atom is 0.178 e. The third-order valence-corrected chi connectivity index (χ3v) is 4.63. The highest BCUT2D eigenvalue weighted by Crippen LogP contribution is 2.20. The van der Waals surface area contributed by atoms with Crippen molar-refractivity contribution in [2.24, 2.45) is 0 Å². The number of hydrogen-bond donors (Lipinski definition) is 0. The molecule has 14 heavy (non-hydrogen) atoms. The Morgan fingerprint density at radius 1 is 1.07 bits per heavy atom. The van der Waals surface area contributed by atoms with Crippen molar-refractivity contribution >= 4 is 10.1 Å². The molecule has 1 atom stereocenters. The van der Waals surface area contributed by atoms with Gasteiger partial charge in [0.2, 0.25) is 0 Å². The quantitative estimate of drug-likeness (QED) is 0.501. The number of quaternary nitrogens is 1. The van der Waals surface area contributed by atoms with Gasteiger partial charge >= 0.3 is 0 Å². The normalized spacial score (nSPS) is 15.5. The summed E-state index contributed by atoms with van der Waals surface area (Å²) in [5.74, 6) is 0. The van der Waals surface area contributed by atoms with E-state index in [-0.39, 0.29) is 0 Å². The molecular weight excluding hydrogens is 202 g/mol. The van der Waals surface area contributed by atoms with E-state index < -0.39 is 15.5 Å². The predicted molar refractivity (Wildman–Crippen MR) is 55.7 cm³/mol. The molecule has 0 spiro atoms. The summed E-state index contributed by atoms with van der Waals surface area (Å²) in [7, 11) is -4.19. The molecule has 86 valence electrons. The number of hydrogen-bond acceptors (Lipinski definition) is 3. The molecule has 0 aliphatic heterocycles. The second kappa shape index (κ2) is 5.09. The standard InChI is InChI=1S/C9H21NO3S/c1-5-9(14(11,12)13)10(6-2,7-3)8-4/h9H,5-8H2,1-4H3. The lowest BCUT2D eigenvalue weighted by atomic mass is 10.3. The molecule has 0 aliphatic rings. The van der Waals surface area contributed by atoms with Gasteiger partial charge in [-0.1, -0.05) is 6.92 Å². The first-order valence-electron chi connectivity index (χ1n) is 5.18. The first kappa shape index (κ1) is 13.9. The van der Waals surface area contributed by atoms with Crippen molar-refractivity contribution in [1.29, 1.82) is 0 Å². The smallest absolute Gasteiger partial charge is 0.178 e. The highest BCUT2D eigenvalue weighted by molar-refractivity contribution is 7.86. The van der Waals surface area contributed by atoms with E-state index in [2.05, 4.69) is 0 Å². The van der Waals surface area contributed by atoms with Gasteiger partial charge in [0.1, 0.15) is 10.1 Å². The third-order valence-electron chi connectivity index (χ3n) is 3.18. The van der Waals surface area contributed by atoms with E-state index in [1.54, 1.807) is 6.92 Å². The molecule has 5 heteroatoms. The zero-order chi connectivity index (χ0) is 11.4. The van der Waals surface area contributed by atoms with Crippen LogP contribution in [0.4, 0.5) is 0 Å². The summed E-state index contributed by atoms with van der Waals surface area (Å²) in [6, 6.07) is 0. The summed E-state index contributed by atoms with van der Waals surface area (Å²) in [5, 5.41) is -0.789. The minimum Gasteiger partial charge on any atom is -0.743 e. The van der Waals surface area contributed by atoms with Gasteiger partial charge in [-0.15, -0.1) is 0 Å². The summed E-state index contributed by atoms with van der Waals surface area (Å²) in [6.07, 6.45) is 0.390. The molecule has 4 nitrogen and oxygen atoms in total. The monoisotopic (exact) mass is 223 g/mol. The fraction of sp³-hybridized carbons (Fsp3) is 1.00. The van der Waals surface area contributed by atoms with Crippen molar-refractivity contribution in [3.8, 4) is 0 Å².